The summed E-state index contributed by atoms with van der Waals surface area (Å²) in [6.07, 6.45) is 1.80. The number of Topliss-reactive ketones (excluding diaryl/α,β-unsaturated/α-hetero) is 1. The Labute approximate surface area is 140 Å². The van der Waals surface area contributed by atoms with Crippen molar-refractivity contribution < 1.29 is 4.79 Å². The summed E-state index contributed by atoms with van der Waals surface area (Å²) in [6, 6.07) is 18.0. The smallest absolute Gasteiger partial charge is 0.173 e. The fourth-order valence-corrected chi connectivity index (χ4v) is 3.41. The second-order valence-electron chi connectivity index (χ2n) is 5.81. The highest BCUT2D eigenvalue weighted by Crippen LogP contribution is 2.27. The molecule has 0 saturated heterocycles. The first kappa shape index (κ1) is 15.8. The number of hydrogen-bond acceptors (Lipinski definition) is 3. The number of rotatable bonds is 5. The molecule has 0 unspecified atom stereocenters. The van der Waals surface area contributed by atoms with Gasteiger partial charge in [0.05, 0.1) is 11.3 Å². The maximum absolute atomic E-state index is 12.4. The van der Waals surface area contributed by atoms with Gasteiger partial charge in [0, 0.05) is 22.0 Å². The van der Waals surface area contributed by atoms with Gasteiger partial charge in [-0.25, -0.2) is 0 Å². The van der Waals surface area contributed by atoms with Gasteiger partial charge in [0.15, 0.2) is 5.78 Å². The number of thioether (sulfide) groups is 1. The Kier molecular flexibility index (Phi) is 4.77. The van der Waals surface area contributed by atoms with Crippen molar-refractivity contribution in [3.63, 3.8) is 0 Å². The Morgan fingerprint density at radius 1 is 1.04 bits per heavy atom. The van der Waals surface area contributed by atoms with E-state index in [0.29, 0.717) is 11.7 Å². The molecule has 0 fully saturated rings. The van der Waals surface area contributed by atoms with Crippen molar-refractivity contribution in [1.29, 1.82) is 0 Å². The normalized spacial score (nSPS) is 11.1. The van der Waals surface area contributed by atoms with Gasteiger partial charge < -0.3 is 0 Å². The topological polar surface area (TPSA) is 30.0 Å². The van der Waals surface area contributed by atoms with Crippen molar-refractivity contribution >= 4 is 28.4 Å². The van der Waals surface area contributed by atoms with Gasteiger partial charge in [-0.3, -0.25) is 9.78 Å². The number of para-hydroxylation sites is 1. The minimum Gasteiger partial charge on any atom is -0.293 e. The van der Waals surface area contributed by atoms with E-state index >= 15 is 0 Å². The molecule has 116 valence electrons. The van der Waals surface area contributed by atoms with Crippen LogP contribution in [0.5, 0.6) is 0 Å². The van der Waals surface area contributed by atoms with Gasteiger partial charge in [0.1, 0.15) is 0 Å². The number of carbonyl (C=O) groups excluding carboxylic acids is 1. The average Bonchev–Trinajstić information content (AvgIpc) is 2.59. The van der Waals surface area contributed by atoms with E-state index in [4.69, 9.17) is 0 Å². The zero-order valence-electron chi connectivity index (χ0n) is 13.3. The molecule has 0 spiro atoms. The van der Waals surface area contributed by atoms with Crippen LogP contribution in [0.3, 0.4) is 0 Å². The molecule has 3 aromatic rings. The molecule has 3 rings (SSSR count). The van der Waals surface area contributed by atoms with E-state index in [1.165, 1.54) is 5.56 Å². The zero-order chi connectivity index (χ0) is 16.2. The highest BCUT2D eigenvalue weighted by molar-refractivity contribution is 8.00. The van der Waals surface area contributed by atoms with E-state index in [1.807, 2.05) is 54.6 Å². The molecule has 3 heteroatoms. The fourth-order valence-electron chi connectivity index (χ4n) is 2.48. The molecule has 2 nitrogen and oxygen atoms in total. The lowest BCUT2D eigenvalue weighted by atomic mass is 10.0. The Hall–Kier alpha value is -2.13. The highest BCUT2D eigenvalue weighted by atomic mass is 32.2. The van der Waals surface area contributed by atoms with Crippen LogP contribution >= 0.6 is 11.8 Å². The first-order valence-electron chi connectivity index (χ1n) is 7.75. The van der Waals surface area contributed by atoms with Gasteiger partial charge in [0.25, 0.3) is 0 Å². The average molecular weight is 321 g/mol. The Morgan fingerprint density at radius 3 is 2.52 bits per heavy atom. The number of pyridine rings is 1. The van der Waals surface area contributed by atoms with E-state index < -0.39 is 0 Å². The summed E-state index contributed by atoms with van der Waals surface area (Å²) < 4.78 is 0. The summed E-state index contributed by atoms with van der Waals surface area (Å²) in [5.74, 6) is 1.08. The van der Waals surface area contributed by atoms with Crippen LogP contribution in [0.25, 0.3) is 10.9 Å². The van der Waals surface area contributed by atoms with Crippen LogP contribution in [0.15, 0.2) is 65.7 Å². The minimum absolute atomic E-state index is 0.159. The van der Waals surface area contributed by atoms with Crippen molar-refractivity contribution in [3.05, 3.63) is 71.9 Å². The molecule has 1 aromatic heterocycles. The number of ketones is 1. The molecular weight excluding hydrogens is 302 g/mol. The van der Waals surface area contributed by atoms with Gasteiger partial charge in [-0.05, 0) is 23.6 Å². The lowest BCUT2D eigenvalue weighted by Crippen LogP contribution is -2.02. The molecule has 0 bridgehead atoms. The van der Waals surface area contributed by atoms with Crippen LogP contribution in [-0.2, 0) is 0 Å². The Balaban J connectivity index is 1.73. The van der Waals surface area contributed by atoms with Crippen LogP contribution in [0, 0.1) is 0 Å². The highest BCUT2D eigenvalue weighted by Gasteiger charge is 2.09. The summed E-state index contributed by atoms with van der Waals surface area (Å²) in [6.45, 7) is 4.31. The Morgan fingerprint density at radius 2 is 1.78 bits per heavy atom. The standard InChI is InChI=1S/C20H19NOS/c1-14(2)15-7-9-16(10-8-15)19(22)13-23-20-11-12-21-18-6-4-3-5-17(18)20/h3-12,14H,13H2,1-2H3. The van der Waals surface area contributed by atoms with Gasteiger partial charge >= 0.3 is 0 Å². The molecule has 0 radical (unpaired) electrons. The summed E-state index contributed by atoms with van der Waals surface area (Å²) in [5, 5.41) is 1.10. The quantitative estimate of drug-likeness (QED) is 0.470. The maximum Gasteiger partial charge on any atom is 0.173 e. The summed E-state index contributed by atoms with van der Waals surface area (Å²) in [5.41, 5.74) is 3.00. The molecule has 0 N–H and O–H groups in total. The largest absolute Gasteiger partial charge is 0.293 e. The lowest BCUT2D eigenvalue weighted by Gasteiger charge is -2.07. The van der Waals surface area contributed by atoms with Crippen molar-refractivity contribution in [2.24, 2.45) is 0 Å². The van der Waals surface area contributed by atoms with Crippen molar-refractivity contribution in [1.82, 2.24) is 4.98 Å². The van der Waals surface area contributed by atoms with E-state index in [1.54, 1.807) is 18.0 Å². The predicted molar refractivity (Wildman–Crippen MR) is 97.3 cm³/mol. The van der Waals surface area contributed by atoms with Gasteiger partial charge in [-0.15, -0.1) is 11.8 Å². The van der Waals surface area contributed by atoms with Crippen molar-refractivity contribution in [2.45, 2.75) is 24.7 Å². The van der Waals surface area contributed by atoms with E-state index in [9.17, 15) is 4.79 Å². The summed E-state index contributed by atoms with van der Waals surface area (Å²) in [4.78, 5) is 17.9. The Bertz CT molecular complexity index is 819. The lowest BCUT2D eigenvalue weighted by molar-refractivity contribution is 0.102. The number of hydrogen-bond donors (Lipinski definition) is 0. The first-order chi connectivity index (χ1) is 11.1. The molecular formula is C20H19NOS. The third-order valence-corrected chi connectivity index (χ3v) is 4.94. The number of benzene rings is 2. The molecule has 2 aromatic carbocycles. The summed E-state index contributed by atoms with van der Waals surface area (Å²) >= 11 is 1.57. The second kappa shape index (κ2) is 6.97. The van der Waals surface area contributed by atoms with Crippen LogP contribution in [0.2, 0.25) is 0 Å². The van der Waals surface area contributed by atoms with Gasteiger partial charge in [-0.2, -0.15) is 0 Å². The molecule has 0 aliphatic rings. The summed E-state index contributed by atoms with van der Waals surface area (Å²) in [7, 11) is 0. The maximum atomic E-state index is 12.4. The molecule has 0 atom stereocenters. The van der Waals surface area contributed by atoms with Crippen LogP contribution in [0.4, 0.5) is 0 Å². The minimum atomic E-state index is 0.159. The van der Waals surface area contributed by atoms with Crippen LogP contribution in [-0.4, -0.2) is 16.5 Å². The monoisotopic (exact) mass is 321 g/mol. The van der Waals surface area contributed by atoms with Crippen molar-refractivity contribution in [2.75, 3.05) is 5.75 Å². The second-order valence-corrected chi connectivity index (χ2v) is 6.83. The predicted octanol–water partition coefficient (Wildman–Crippen LogP) is 5.33. The molecule has 0 aliphatic carbocycles. The molecule has 0 amide bonds. The number of aromatic nitrogens is 1. The van der Waals surface area contributed by atoms with Gasteiger partial charge in [0.2, 0.25) is 0 Å². The number of nitrogens with zero attached hydrogens (tertiary/aromatic N) is 1. The fraction of sp³-hybridized carbons (Fsp3) is 0.200. The third kappa shape index (κ3) is 3.62. The third-order valence-electron chi connectivity index (χ3n) is 3.87. The molecule has 0 saturated carbocycles. The molecule has 1 heterocycles. The molecule has 23 heavy (non-hydrogen) atoms. The van der Waals surface area contributed by atoms with Gasteiger partial charge in [-0.1, -0.05) is 56.3 Å². The SMILES string of the molecule is CC(C)c1ccc(C(=O)CSc2ccnc3ccccc23)cc1. The zero-order valence-corrected chi connectivity index (χ0v) is 14.1. The first-order valence-corrected chi connectivity index (χ1v) is 8.73. The van der Waals surface area contributed by atoms with Crippen LogP contribution in [0.1, 0.15) is 35.7 Å². The number of fused-ring (bicyclic) bond motifs is 1. The van der Waals surface area contributed by atoms with Crippen LogP contribution < -0.4 is 0 Å². The molecule has 0 aliphatic heterocycles. The van der Waals surface area contributed by atoms with E-state index in [0.717, 1.165) is 21.4 Å². The van der Waals surface area contributed by atoms with Crippen molar-refractivity contribution in [3.8, 4) is 0 Å². The number of carbonyl (C=O) groups is 1. The van der Waals surface area contributed by atoms with E-state index in [2.05, 4.69) is 18.8 Å². The van der Waals surface area contributed by atoms with E-state index in [-0.39, 0.29) is 5.78 Å².